The Balaban J connectivity index is 1.81. The van der Waals surface area contributed by atoms with Crippen LogP contribution in [0.25, 0.3) is 11.0 Å². The van der Waals surface area contributed by atoms with Gasteiger partial charge in [-0.15, -0.1) is 11.8 Å². The van der Waals surface area contributed by atoms with Crippen molar-refractivity contribution < 1.29 is 18.3 Å². The Bertz CT molecular complexity index is 857. The number of rotatable bonds is 9. The highest BCUT2D eigenvalue weighted by Crippen LogP contribution is 2.30. The SMILES string of the molecule is C=C(C)C(=O)OCCCCCCSc1cc(=O)oc2cc(C)cc(F)c12. The Labute approximate surface area is 156 Å². The number of thioether (sulfide) groups is 1. The van der Waals surface area contributed by atoms with Crippen molar-refractivity contribution in [1.29, 1.82) is 0 Å². The molecular formula is C20H23FO4S. The zero-order valence-corrected chi connectivity index (χ0v) is 15.9. The van der Waals surface area contributed by atoms with E-state index in [9.17, 15) is 14.0 Å². The fourth-order valence-corrected chi connectivity index (χ4v) is 3.58. The number of hydrogen-bond donors (Lipinski definition) is 0. The molecule has 0 spiro atoms. The van der Waals surface area contributed by atoms with Crippen molar-refractivity contribution >= 4 is 28.7 Å². The van der Waals surface area contributed by atoms with Gasteiger partial charge < -0.3 is 9.15 Å². The molecule has 1 aromatic heterocycles. The maximum atomic E-state index is 14.3. The van der Waals surface area contributed by atoms with Gasteiger partial charge in [-0.1, -0.05) is 19.4 Å². The standard InChI is InChI=1S/C20H23FO4S/c1-13(2)20(23)24-8-6-4-5-7-9-26-17-12-18(22)25-16-11-14(3)10-15(21)19(16)17/h10-12H,1,4-9H2,2-3H3. The second-order valence-electron chi connectivity index (χ2n) is 6.23. The van der Waals surface area contributed by atoms with E-state index in [1.54, 1.807) is 19.9 Å². The molecule has 0 aliphatic rings. The highest BCUT2D eigenvalue weighted by Gasteiger charge is 2.12. The van der Waals surface area contributed by atoms with Crippen LogP contribution in [0.3, 0.4) is 0 Å². The third kappa shape index (κ3) is 5.73. The molecule has 0 amide bonds. The first-order valence-electron chi connectivity index (χ1n) is 8.58. The summed E-state index contributed by atoms with van der Waals surface area (Å²) < 4.78 is 24.4. The lowest BCUT2D eigenvalue weighted by molar-refractivity contribution is -0.139. The largest absolute Gasteiger partial charge is 0.462 e. The van der Waals surface area contributed by atoms with Gasteiger partial charge in [-0.05, 0) is 50.1 Å². The fourth-order valence-electron chi connectivity index (χ4n) is 2.49. The lowest BCUT2D eigenvalue weighted by Crippen LogP contribution is -2.06. The molecule has 1 aromatic carbocycles. The van der Waals surface area contributed by atoms with E-state index < -0.39 is 5.63 Å². The molecule has 4 nitrogen and oxygen atoms in total. The zero-order valence-electron chi connectivity index (χ0n) is 15.1. The second-order valence-corrected chi connectivity index (χ2v) is 7.37. The topological polar surface area (TPSA) is 56.5 Å². The molecule has 2 aromatic rings. The number of halogens is 1. The summed E-state index contributed by atoms with van der Waals surface area (Å²) in [7, 11) is 0. The average molecular weight is 378 g/mol. The molecule has 1 heterocycles. The van der Waals surface area contributed by atoms with E-state index in [-0.39, 0.29) is 17.4 Å². The minimum absolute atomic E-state index is 0.289. The summed E-state index contributed by atoms with van der Waals surface area (Å²) in [6, 6.07) is 4.47. The van der Waals surface area contributed by atoms with Gasteiger partial charge >= 0.3 is 11.6 Å². The predicted molar refractivity (Wildman–Crippen MR) is 102 cm³/mol. The van der Waals surface area contributed by atoms with Gasteiger partial charge in [0.05, 0.1) is 12.0 Å². The Kier molecular flexibility index (Phi) is 7.45. The zero-order chi connectivity index (χ0) is 19.1. The molecule has 26 heavy (non-hydrogen) atoms. The summed E-state index contributed by atoms with van der Waals surface area (Å²) in [5, 5.41) is 0.368. The van der Waals surface area contributed by atoms with Crippen LogP contribution in [0.4, 0.5) is 4.39 Å². The van der Waals surface area contributed by atoms with Gasteiger partial charge in [0.2, 0.25) is 0 Å². The first kappa shape index (κ1) is 20.2. The summed E-state index contributed by atoms with van der Waals surface area (Å²) in [5.74, 6) is 0.0513. The van der Waals surface area contributed by atoms with Crippen molar-refractivity contribution in [2.45, 2.75) is 44.4 Å². The Morgan fingerprint density at radius 2 is 1.96 bits per heavy atom. The number of ether oxygens (including phenoxy) is 1. The normalized spacial score (nSPS) is 10.9. The van der Waals surface area contributed by atoms with Crippen LogP contribution < -0.4 is 5.63 Å². The van der Waals surface area contributed by atoms with Crippen LogP contribution in [0.1, 0.15) is 38.2 Å². The molecule has 6 heteroatoms. The second kappa shape index (κ2) is 9.57. The van der Waals surface area contributed by atoms with Crippen molar-refractivity contribution in [1.82, 2.24) is 0 Å². The van der Waals surface area contributed by atoms with Crippen LogP contribution in [0, 0.1) is 12.7 Å². The number of fused-ring (bicyclic) bond motifs is 1. The minimum Gasteiger partial charge on any atom is -0.462 e. The molecule has 0 unspecified atom stereocenters. The van der Waals surface area contributed by atoms with Crippen molar-refractivity contribution in [3.05, 3.63) is 52.2 Å². The summed E-state index contributed by atoms with van der Waals surface area (Å²) in [6.45, 7) is 7.31. The summed E-state index contributed by atoms with van der Waals surface area (Å²) in [4.78, 5) is 23.5. The molecule has 0 radical (unpaired) electrons. The molecule has 0 bridgehead atoms. The number of aryl methyl sites for hydroxylation is 1. The summed E-state index contributed by atoms with van der Waals surface area (Å²) >= 11 is 1.46. The first-order chi connectivity index (χ1) is 12.4. The molecule has 0 N–H and O–H groups in total. The lowest BCUT2D eigenvalue weighted by Gasteiger charge is -2.07. The van der Waals surface area contributed by atoms with Crippen molar-refractivity contribution in [2.75, 3.05) is 12.4 Å². The minimum atomic E-state index is -0.468. The van der Waals surface area contributed by atoms with Crippen molar-refractivity contribution in [3.63, 3.8) is 0 Å². The number of benzene rings is 1. The van der Waals surface area contributed by atoms with Crippen LogP contribution in [0.2, 0.25) is 0 Å². The van der Waals surface area contributed by atoms with Gasteiger partial charge in [-0.2, -0.15) is 0 Å². The van der Waals surface area contributed by atoms with E-state index >= 15 is 0 Å². The Morgan fingerprint density at radius 1 is 1.23 bits per heavy atom. The van der Waals surface area contributed by atoms with E-state index in [4.69, 9.17) is 9.15 Å². The Hall–Kier alpha value is -2.08. The number of unbranched alkanes of at least 4 members (excludes halogenated alkanes) is 3. The smallest absolute Gasteiger partial charge is 0.337 e. The highest BCUT2D eigenvalue weighted by molar-refractivity contribution is 7.99. The average Bonchev–Trinajstić information content (AvgIpc) is 2.55. The van der Waals surface area contributed by atoms with Crippen molar-refractivity contribution in [2.24, 2.45) is 0 Å². The number of carbonyl (C=O) groups is 1. The van der Waals surface area contributed by atoms with Gasteiger partial charge in [-0.3, -0.25) is 0 Å². The summed E-state index contributed by atoms with van der Waals surface area (Å²) in [6.07, 6.45) is 3.64. The van der Waals surface area contributed by atoms with Crippen LogP contribution in [0.15, 0.2) is 44.5 Å². The van der Waals surface area contributed by atoms with E-state index in [2.05, 4.69) is 6.58 Å². The third-order valence-electron chi connectivity index (χ3n) is 3.78. The van der Waals surface area contributed by atoms with Crippen LogP contribution in [-0.4, -0.2) is 18.3 Å². The van der Waals surface area contributed by atoms with Gasteiger partial charge in [-0.25, -0.2) is 14.0 Å². The molecule has 0 aliphatic heterocycles. The Morgan fingerprint density at radius 3 is 2.69 bits per heavy atom. The van der Waals surface area contributed by atoms with E-state index in [0.29, 0.717) is 28.0 Å². The lowest BCUT2D eigenvalue weighted by atomic mass is 10.1. The van der Waals surface area contributed by atoms with Crippen LogP contribution in [0.5, 0.6) is 0 Å². The third-order valence-corrected chi connectivity index (χ3v) is 4.91. The molecule has 140 valence electrons. The molecule has 0 saturated heterocycles. The number of esters is 1. The predicted octanol–water partition coefficient (Wildman–Crippen LogP) is 5.01. The maximum Gasteiger partial charge on any atom is 0.337 e. The van der Waals surface area contributed by atoms with Gasteiger partial charge in [0.1, 0.15) is 11.4 Å². The maximum absolute atomic E-state index is 14.3. The molecule has 0 aliphatic carbocycles. The fraction of sp³-hybridized carbons (Fsp3) is 0.400. The van der Waals surface area contributed by atoms with E-state index in [0.717, 1.165) is 31.4 Å². The first-order valence-corrected chi connectivity index (χ1v) is 9.56. The highest BCUT2D eigenvalue weighted by atomic mass is 32.2. The summed E-state index contributed by atoms with van der Waals surface area (Å²) in [5.41, 5.74) is 0.942. The van der Waals surface area contributed by atoms with E-state index in [1.165, 1.54) is 23.9 Å². The number of carbonyl (C=O) groups excluding carboxylic acids is 1. The van der Waals surface area contributed by atoms with E-state index in [1.807, 2.05) is 0 Å². The molecule has 0 saturated carbocycles. The molecular weight excluding hydrogens is 355 g/mol. The van der Waals surface area contributed by atoms with Crippen molar-refractivity contribution in [3.8, 4) is 0 Å². The van der Waals surface area contributed by atoms with Crippen LogP contribution >= 0.6 is 11.8 Å². The van der Waals surface area contributed by atoms with Gasteiger partial charge in [0.15, 0.2) is 0 Å². The molecule has 0 atom stereocenters. The monoisotopic (exact) mass is 378 g/mol. The van der Waals surface area contributed by atoms with Gasteiger partial charge in [0, 0.05) is 16.5 Å². The number of hydrogen-bond acceptors (Lipinski definition) is 5. The van der Waals surface area contributed by atoms with Gasteiger partial charge in [0.25, 0.3) is 0 Å². The molecule has 0 fully saturated rings. The quantitative estimate of drug-likeness (QED) is 0.202. The molecule has 2 rings (SSSR count). The van der Waals surface area contributed by atoms with Crippen LogP contribution in [-0.2, 0) is 9.53 Å².